The third kappa shape index (κ3) is 6.44. The number of ether oxygens (including phenoxy) is 1. The van der Waals surface area contributed by atoms with Crippen LogP contribution in [0.1, 0.15) is 28.6 Å². The molecule has 2 aromatic heterocycles. The Bertz CT molecular complexity index is 1300. The number of nitrogens with zero attached hydrogens (tertiary/aromatic N) is 2. The highest BCUT2D eigenvalue weighted by Gasteiger charge is 2.24. The molecule has 0 aliphatic rings. The van der Waals surface area contributed by atoms with Gasteiger partial charge >= 0.3 is 11.7 Å². The van der Waals surface area contributed by atoms with Crippen molar-refractivity contribution in [3.05, 3.63) is 79.1 Å². The number of carbonyl (C=O) groups excluding carboxylic acids is 3. The van der Waals surface area contributed by atoms with Gasteiger partial charge in [0.05, 0.1) is 17.8 Å². The van der Waals surface area contributed by atoms with Gasteiger partial charge in [0, 0.05) is 13.1 Å². The van der Waals surface area contributed by atoms with Gasteiger partial charge in [0.1, 0.15) is 5.82 Å². The molecule has 0 atom stereocenters. The van der Waals surface area contributed by atoms with Gasteiger partial charge in [0.2, 0.25) is 0 Å². The van der Waals surface area contributed by atoms with Crippen LogP contribution in [-0.2, 0) is 20.9 Å². The number of aromatic nitrogens is 2. The molecule has 0 saturated heterocycles. The molecule has 2 amide bonds. The summed E-state index contributed by atoms with van der Waals surface area (Å²) in [6, 6.07) is 12.4. The molecule has 12 heteroatoms. The van der Waals surface area contributed by atoms with Crippen molar-refractivity contribution >= 4 is 40.6 Å². The Kier molecular flexibility index (Phi) is 8.57. The molecule has 1 aromatic carbocycles. The van der Waals surface area contributed by atoms with Crippen LogP contribution in [-0.4, -0.2) is 47.0 Å². The number of rotatable bonds is 10. The second-order valence-electron chi connectivity index (χ2n) is 7.35. The minimum absolute atomic E-state index is 0.0400. The fourth-order valence-corrected chi connectivity index (χ4v) is 3.93. The summed E-state index contributed by atoms with van der Waals surface area (Å²) in [4.78, 5) is 65.3. The molecule has 2 heterocycles. The summed E-state index contributed by atoms with van der Waals surface area (Å²) < 4.78 is 6.17. The number of likely N-dealkylation sites (N-methyl/N-ethyl adjacent to an activating group) is 1. The largest absolute Gasteiger partial charge is 0.455 e. The smallest absolute Gasteiger partial charge is 0.330 e. The van der Waals surface area contributed by atoms with E-state index in [9.17, 15) is 24.0 Å². The molecule has 0 spiro atoms. The molecule has 0 fully saturated rings. The minimum atomic E-state index is -0.824. The highest BCUT2D eigenvalue weighted by molar-refractivity contribution is 7.12. The van der Waals surface area contributed by atoms with Crippen LogP contribution in [0.25, 0.3) is 0 Å². The van der Waals surface area contributed by atoms with Crippen LogP contribution in [0.5, 0.6) is 0 Å². The Hall–Kier alpha value is -4.19. The van der Waals surface area contributed by atoms with Crippen molar-refractivity contribution in [3.63, 3.8) is 0 Å². The second-order valence-corrected chi connectivity index (χ2v) is 8.29. The Morgan fingerprint density at radius 2 is 1.89 bits per heavy atom. The molecule has 0 bridgehead atoms. The minimum Gasteiger partial charge on any atom is -0.455 e. The molecule has 0 aliphatic heterocycles. The first kappa shape index (κ1) is 25.4. The summed E-state index contributed by atoms with van der Waals surface area (Å²) in [5, 5.41) is 4.35. The quantitative estimate of drug-likeness (QED) is 0.351. The lowest BCUT2D eigenvalue weighted by Crippen LogP contribution is -2.42. The number of aromatic amines is 1. The number of nitrogens with two attached hydrogens (primary N) is 1. The van der Waals surface area contributed by atoms with Crippen molar-refractivity contribution in [1.82, 2.24) is 14.9 Å². The zero-order chi connectivity index (χ0) is 25.4. The standard InChI is InChI=1S/C23H25N5O6S/c1-2-27(17(29)14-34-18(30)10-11-25-21(31)16-9-6-12-35-16)19-20(24)28(23(33)26-22(19)32)13-15-7-4-3-5-8-15/h3-9,12H,2,10-11,13-14,24H2,1H3,(H,25,31)(H,26,32,33). The molecule has 4 N–H and O–H groups in total. The fraction of sp³-hybridized carbons (Fsp3) is 0.261. The van der Waals surface area contributed by atoms with Crippen molar-refractivity contribution in [2.45, 2.75) is 19.9 Å². The Morgan fingerprint density at radius 1 is 1.14 bits per heavy atom. The highest BCUT2D eigenvalue weighted by Crippen LogP contribution is 2.18. The number of carbonyl (C=O) groups is 3. The van der Waals surface area contributed by atoms with Gasteiger partial charge in [0.15, 0.2) is 12.3 Å². The van der Waals surface area contributed by atoms with Crippen molar-refractivity contribution in [2.75, 3.05) is 30.3 Å². The summed E-state index contributed by atoms with van der Waals surface area (Å²) >= 11 is 1.27. The first-order chi connectivity index (χ1) is 16.8. The van der Waals surface area contributed by atoms with E-state index >= 15 is 0 Å². The van der Waals surface area contributed by atoms with E-state index < -0.39 is 29.7 Å². The molecular formula is C23H25N5O6S. The Labute approximate surface area is 204 Å². The zero-order valence-corrected chi connectivity index (χ0v) is 19.8. The van der Waals surface area contributed by atoms with Crippen molar-refractivity contribution in [2.24, 2.45) is 0 Å². The third-order valence-corrected chi connectivity index (χ3v) is 5.87. The summed E-state index contributed by atoms with van der Waals surface area (Å²) in [6.07, 6.45) is -0.138. The normalized spacial score (nSPS) is 10.5. The molecule has 0 saturated carbocycles. The van der Waals surface area contributed by atoms with Gasteiger partial charge in [-0.25, -0.2) is 4.79 Å². The van der Waals surface area contributed by atoms with E-state index in [1.54, 1.807) is 48.7 Å². The lowest BCUT2D eigenvalue weighted by Gasteiger charge is -2.23. The molecule has 0 unspecified atom stereocenters. The Morgan fingerprint density at radius 3 is 2.54 bits per heavy atom. The summed E-state index contributed by atoms with van der Waals surface area (Å²) in [7, 11) is 0. The van der Waals surface area contributed by atoms with Gasteiger partial charge in [-0.3, -0.25) is 28.7 Å². The molecule has 35 heavy (non-hydrogen) atoms. The van der Waals surface area contributed by atoms with Crippen LogP contribution in [0.2, 0.25) is 0 Å². The van der Waals surface area contributed by atoms with E-state index in [0.29, 0.717) is 4.88 Å². The molecule has 11 nitrogen and oxygen atoms in total. The SMILES string of the molecule is CCN(C(=O)COC(=O)CCNC(=O)c1cccs1)c1c(N)n(Cc2ccccc2)c(=O)[nH]c1=O. The van der Waals surface area contributed by atoms with Crippen LogP contribution >= 0.6 is 11.3 Å². The maximum Gasteiger partial charge on any atom is 0.330 e. The number of H-pyrrole nitrogens is 1. The van der Waals surface area contributed by atoms with Gasteiger partial charge in [-0.2, -0.15) is 0 Å². The van der Waals surface area contributed by atoms with E-state index in [0.717, 1.165) is 15.0 Å². The average Bonchev–Trinajstić information content (AvgIpc) is 3.38. The van der Waals surface area contributed by atoms with Crippen LogP contribution < -0.4 is 27.2 Å². The molecule has 3 aromatic rings. The van der Waals surface area contributed by atoms with E-state index in [1.165, 1.54) is 11.3 Å². The lowest BCUT2D eigenvalue weighted by atomic mass is 10.2. The zero-order valence-electron chi connectivity index (χ0n) is 19.0. The van der Waals surface area contributed by atoms with Gasteiger partial charge < -0.3 is 20.7 Å². The van der Waals surface area contributed by atoms with E-state index in [-0.39, 0.29) is 43.5 Å². The van der Waals surface area contributed by atoms with E-state index in [2.05, 4.69) is 10.3 Å². The summed E-state index contributed by atoms with van der Waals surface area (Å²) in [6.45, 7) is 1.16. The number of anilines is 2. The molecule has 184 valence electrons. The van der Waals surface area contributed by atoms with Crippen LogP contribution in [0, 0.1) is 0 Å². The first-order valence-electron chi connectivity index (χ1n) is 10.8. The number of amides is 2. The number of benzene rings is 1. The number of thiophene rings is 1. The number of nitrogens with one attached hydrogen (secondary N) is 2. The predicted octanol–water partition coefficient (Wildman–Crippen LogP) is 0.945. The Balaban J connectivity index is 1.64. The lowest BCUT2D eigenvalue weighted by molar-refractivity contribution is -0.147. The van der Waals surface area contributed by atoms with Crippen molar-refractivity contribution in [1.29, 1.82) is 0 Å². The van der Waals surface area contributed by atoms with Crippen molar-refractivity contribution < 1.29 is 19.1 Å². The number of hydrogen-bond acceptors (Lipinski definition) is 8. The summed E-state index contributed by atoms with van der Waals surface area (Å²) in [5.74, 6) is -1.87. The molecule has 0 radical (unpaired) electrons. The maximum absolute atomic E-state index is 12.8. The summed E-state index contributed by atoms with van der Waals surface area (Å²) in [5.41, 5.74) is 5.18. The van der Waals surface area contributed by atoms with Gasteiger partial charge in [-0.15, -0.1) is 11.3 Å². The molecule has 3 rings (SSSR count). The van der Waals surface area contributed by atoms with E-state index in [4.69, 9.17) is 10.5 Å². The first-order valence-corrected chi connectivity index (χ1v) is 11.6. The maximum atomic E-state index is 12.8. The van der Waals surface area contributed by atoms with Gasteiger partial charge in [0.25, 0.3) is 17.4 Å². The number of esters is 1. The third-order valence-electron chi connectivity index (χ3n) is 5.00. The second kappa shape index (κ2) is 11.8. The van der Waals surface area contributed by atoms with E-state index in [1.807, 2.05) is 6.07 Å². The van der Waals surface area contributed by atoms with Gasteiger partial charge in [-0.1, -0.05) is 36.4 Å². The molecular weight excluding hydrogens is 474 g/mol. The predicted molar refractivity (Wildman–Crippen MR) is 132 cm³/mol. The molecule has 0 aliphatic carbocycles. The number of hydrogen-bond donors (Lipinski definition) is 3. The van der Waals surface area contributed by atoms with Gasteiger partial charge in [-0.05, 0) is 23.9 Å². The highest BCUT2D eigenvalue weighted by atomic mass is 32.1. The fourth-order valence-electron chi connectivity index (χ4n) is 3.29. The topological polar surface area (TPSA) is 157 Å². The monoisotopic (exact) mass is 499 g/mol. The van der Waals surface area contributed by atoms with Crippen molar-refractivity contribution in [3.8, 4) is 0 Å². The van der Waals surface area contributed by atoms with Crippen LogP contribution in [0.15, 0.2) is 57.4 Å². The average molecular weight is 500 g/mol. The van der Waals surface area contributed by atoms with Crippen LogP contribution in [0.3, 0.4) is 0 Å². The van der Waals surface area contributed by atoms with Crippen LogP contribution in [0.4, 0.5) is 11.5 Å². The number of nitrogen functional groups attached to an aromatic ring is 1.